The number of hydrogen-bond donors (Lipinski definition) is 0. The molecule has 0 spiro atoms. The maximum Gasteiger partial charge on any atom is 0.272 e. The molecule has 2 amide bonds. The smallest absolute Gasteiger partial charge is 0.272 e. The molecule has 0 aliphatic carbocycles. The summed E-state index contributed by atoms with van der Waals surface area (Å²) < 4.78 is 0. The number of hydrogen-bond acceptors (Lipinski definition) is 5. The van der Waals surface area contributed by atoms with Crippen molar-refractivity contribution in [2.24, 2.45) is 0 Å². The first-order chi connectivity index (χ1) is 13.7. The van der Waals surface area contributed by atoms with Crippen LogP contribution in [0.15, 0.2) is 42.7 Å². The van der Waals surface area contributed by atoms with Crippen LogP contribution in [0.25, 0.3) is 0 Å². The van der Waals surface area contributed by atoms with Crippen LogP contribution in [-0.2, 0) is 0 Å². The number of piperidine rings is 1. The van der Waals surface area contributed by atoms with Crippen LogP contribution in [0.4, 0.5) is 5.82 Å². The zero-order valence-corrected chi connectivity index (χ0v) is 16.0. The normalized spacial score (nSPS) is 17.5. The van der Waals surface area contributed by atoms with Crippen LogP contribution in [0, 0.1) is 0 Å². The van der Waals surface area contributed by atoms with Gasteiger partial charge in [0.25, 0.3) is 11.8 Å². The van der Waals surface area contributed by atoms with Crippen molar-refractivity contribution in [3.63, 3.8) is 0 Å². The number of rotatable bonds is 3. The van der Waals surface area contributed by atoms with E-state index >= 15 is 0 Å². The summed E-state index contributed by atoms with van der Waals surface area (Å²) in [5.74, 6) is 0.812. The molecular weight excluding hydrogens is 354 g/mol. The van der Waals surface area contributed by atoms with Crippen LogP contribution in [0.5, 0.6) is 0 Å². The summed E-state index contributed by atoms with van der Waals surface area (Å²) in [4.78, 5) is 40.1. The van der Waals surface area contributed by atoms with Crippen molar-refractivity contribution in [3.05, 3.63) is 54.0 Å². The van der Waals surface area contributed by atoms with Gasteiger partial charge >= 0.3 is 0 Å². The summed E-state index contributed by atoms with van der Waals surface area (Å²) in [7, 11) is 0. The molecule has 2 aliphatic rings. The van der Waals surface area contributed by atoms with Gasteiger partial charge in [0.1, 0.15) is 11.5 Å². The third-order valence-corrected chi connectivity index (χ3v) is 5.41. The van der Waals surface area contributed by atoms with Crippen LogP contribution in [0.1, 0.15) is 40.1 Å². The first-order valence-corrected chi connectivity index (χ1v) is 9.93. The zero-order valence-electron chi connectivity index (χ0n) is 16.0. The molecule has 28 heavy (non-hydrogen) atoms. The Morgan fingerprint density at radius 1 is 0.750 bits per heavy atom. The molecule has 2 aliphatic heterocycles. The molecule has 0 saturated carbocycles. The Labute approximate surface area is 165 Å². The van der Waals surface area contributed by atoms with Gasteiger partial charge in [-0.3, -0.25) is 14.6 Å². The lowest BCUT2D eigenvalue weighted by molar-refractivity contribution is 0.0724. The highest BCUT2D eigenvalue weighted by molar-refractivity contribution is 5.98. The Balaban J connectivity index is 1.40. The van der Waals surface area contributed by atoms with E-state index in [4.69, 9.17) is 0 Å². The number of piperazine rings is 1. The fraction of sp³-hybridized carbons (Fsp3) is 0.429. The Hall–Kier alpha value is -2.96. The monoisotopic (exact) mass is 379 g/mol. The van der Waals surface area contributed by atoms with E-state index in [2.05, 4.69) is 14.9 Å². The number of carbonyl (C=O) groups is 2. The quantitative estimate of drug-likeness (QED) is 0.817. The molecular formula is C21H25N5O2. The summed E-state index contributed by atoms with van der Waals surface area (Å²) in [6, 6.07) is 9.19. The number of nitrogens with zero attached hydrogens (tertiary/aromatic N) is 5. The minimum atomic E-state index is -0.117. The van der Waals surface area contributed by atoms with Crippen LogP contribution in [0.2, 0.25) is 0 Å². The molecule has 4 heterocycles. The van der Waals surface area contributed by atoms with Gasteiger partial charge in [0, 0.05) is 57.2 Å². The van der Waals surface area contributed by atoms with E-state index < -0.39 is 0 Å². The molecule has 0 bridgehead atoms. The van der Waals surface area contributed by atoms with Gasteiger partial charge in [0.05, 0.1) is 0 Å². The van der Waals surface area contributed by atoms with E-state index in [1.54, 1.807) is 29.4 Å². The molecule has 7 nitrogen and oxygen atoms in total. The minimum absolute atomic E-state index is 0.00359. The van der Waals surface area contributed by atoms with Crippen molar-refractivity contribution in [1.29, 1.82) is 0 Å². The molecule has 0 radical (unpaired) electrons. The molecule has 0 aromatic carbocycles. The van der Waals surface area contributed by atoms with Crippen molar-refractivity contribution in [2.45, 2.75) is 19.3 Å². The molecule has 146 valence electrons. The number of aromatic nitrogens is 2. The summed E-state index contributed by atoms with van der Waals surface area (Å²) in [6.07, 6.45) is 6.61. The largest absolute Gasteiger partial charge is 0.353 e. The molecule has 7 heteroatoms. The van der Waals surface area contributed by atoms with E-state index in [0.717, 1.165) is 44.8 Å². The zero-order chi connectivity index (χ0) is 19.3. The standard InChI is InChI=1S/C21H25N5O2/c27-20(25-10-4-1-5-11-25)17-7-9-22-18(16-17)21(28)26-14-12-24(13-15-26)19-6-2-3-8-23-19/h2-3,6-9,16H,1,4-5,10-15H2. The first kappa shape index (κ1) is 18.4. The highest BCUT2D eigenvalue weighted by Crippen LogP contribution is 2.16. The molecule has 2 fully saturated rings. The van der Waals surface area contributed by atoms with Gasteiger partial charge < -0.3 is 14.7 Å². The third kappa shape index (κ3) is 3.98. The second kappa shape index (κ2) is 8.37. The van der Waals surface area contributed by atoms with Gasteiger partial charge in [-0.1, -0.05) is 6.07 Å². The van der Waals surface area contributed by atoms with E-state index in [0.29, 0.717) is 24.3 Å². The fourth-order valence-corrected chi connectivity index (χ4v) is 3.80. The molecule has 0 N–H and O–H groups in total. The van der Waals surface area contributed by atoms with Gasteiger partial charge in [-0.25, -0.2) is 4.98 Å². The molecule has 0 atom stereocenters. The van der Waals surface area contributed by atoms with Gasteiger partial charge in [0.15, 0.2) is 0 Å². The summed E-state index contributed by atoms with van der Waals surface area (Å²) in [6.45, 7) is 4.27. The van der Waals surface area contributed by atoms with Crippen LogP contribution in [-0.4, -0.2) is 70.9 Å². The average molecular weight is 379 g/mol. The fourth-order valence-electron chi connectivity index (χ4n) is 3.80. The molecule has 2 aromatic heterocycles. The highest BCUT2D eigenvalue weighted by Gasteiger charge is 2.25. The number of carbonyl (C=O) groups excluding carboxylic acids is 2. The average Bonchev–Trinajstić information content (AvgIpc) is 2.79. The third-order valence-electron chi connectivity index (χ3n) is 5.41. The van der Waals surface area contributed by atoms with E-state index in [1.165, 1.54) is 6.42 Å². The summed E-state index contributed by atoms with van der Waals surface area (Å²) >= 11 is 0. The van der Waals surface area contributed by atoms with Gasteiger partial charge in [-0.05, 0) is 43.5 Å². The van der Waals surface area contributed by atoms with Crippen LogP contribution < -0.4 is 4.90 Å². The van der Waals surface area contributed by atoms with E-state index in [9.17, 15) is 9.59 Å². The maximum absolute atomic E-state index is 12.9. The van der Waals surface area contributed by atoms with Gasteiger partial charge in [-0.15, -0.1) is 0 Å². The van der Waals surface area contributed by atoms with Crippen molar-refractivity contribution in [3.8, 4) is 0 Å². The maximum atomic E-state index is 12.9. The van der Waals surface area contributed by atoms with Crippen molar-refractivity contribution < 1.29 is 9.59 Å². The molecule has 2 saturated heterocycles. The van der Waals surface area contributed by atoms with E-state index in [-0.39, 0.29) is 11.8 Å². The molecule has 2 aromatic rings. The topological polar surface area (TPSA) is 69.6 Å². The number of likely N-dealkylation sites (tertiary alicyclic amines) is 1. The lowest BCUT2D eigenvalue weighted by atomic mass is 10.1. The number of pyridine rings is 2. The summed E-state index contributed by atoms with van der Waals surface area (Å²) in [5.41, 5.74) is 0.890. The lowest BCUT2D eigenvalue weighted by Crippen LogP contribution is -2.49. The number of anilines is 1. The second-order valence-electron chi connectivity index (χ2n) is 7.25. The Kier molecular flexibility index (Phi) is 5.50. The highest BCUT2D eigenvalue weighted by atomic mass is 16.2. The predicted octanol–water partition coefficient (Wildman–Crippen LogP) is 2.07. The first-order valence-electron chi connectivity index (χ1n) is 9.93. The Morgan fingerprint density at radius 3 is 2.21 bits per heavy atom. The number of amides is 2. The van der Waals surface area contributed by atoms with Crippen molar-refractivity contribution >= 4 is 17.6 Å². The Morgan fingerprint density at radius 2 is 1.50 bits per heavy atom. The summed E-state index contributed by atoms with van der Waals surface area (Å²) in [5, 5.41) is 0. The van der Waals surface area contributed by atoms with Crippen molar-refractivity contribution in [2.75, 3.05) is 44.2 Å². The van der Waals surface area contributed by atoms with Gasteiger partial charge in [0.2, 0.25) is 0 Å². The second-order valence-corrected chi connectivity index (χ2v) is 7.25. The Bertz CT molecular complexity index is 828. The van der Waals surface area contributed by atoms with Crippen molar-refractivity contribution in [1.82, 2.24) is 19.8 Å². The SMILES string of the molecule is O=C(c1ccnc(C(=O)N2CCN(c3ccccn3)CC2)c1)N1CCCCC1. The lowest BCUT2D eigenvalue weighted by Gasteiger charge is -2.35. The molecule has 0 unspecified atom stereocenters. The minimum Gasteiger partial charge on any atom is -0.353 e. The van der Waals surface area contributed by atoms with E-state index in [1.807, 2.05) is 23.1 Å². The van der Waals surface area contributed by atoms with Crippen LogP contribution in [0.3, 0.4) is 0 Å². The van der Waals surface area contributed by atoms with Gasteiger partial charge in [-0.2, -0.15) is 0 Å². The predicted molar refractivity (Wildman–Crippen MR) is 106 cm³/mol. The van der Waals surface area contributed by atoms with Crippen LogP contribution >= 0.6 is 0 Å². The molecule has 4 rings (SSSR count).